The van der Waals surface area contributed by atoms with Gasteiger partial charge in [0.05, 0.1) is 19.8 Å². The molecule has 0 radical (unpaired) electrons. The second-order valence-corrected chi connectivity index (χ2v) is 5.97. The van der Waals surface area contributed by atoms with Crippen molar-refractivity contribution in [1.82, 2.24) is 10.2 Å². The van der Waals surface area contributed by atoms with E-state index < -0.39 is 6.10 Å². The van der Waals surface area contributed by atoms with Crippen LogP contribution in [-0.4, -0.2) is 43.2 Å². The zero-order valence-electron chi connectivity index (χ0n) is 15.9. The predicted molar refractivity (Wildman–Crippen MR) is 117 cm³/mol. The van der Waals surface area contributed by atoms with Crippen molar-refractivity contribution in [2.75, 3.05) is 27.2 Å². The molecule has 0 fully saturated rings. The molecule has 5 nitrogen and oxygen atoms in total. The lowest BCUT2D eigenvalue weighted by Crippen LogP contribution is -2.38. The van der Waals surface area contributed by atoms with Gasteiger partial charge in [0.2, 0.25) is 0 Å². The third-order valence-electron chi connectivity index (χ3n) is 3.94. The van der Waals surface area contributed by atoms with E-state index in [0.717, 1.165) is 16.9 Å². The van der Waals surface area contributed by atoms with Crippen LogP contribution in [0, 0.1) is 5.82 Å². The number of ether oxygens (including phenoxy) is 1. The summed E-state index contributed by atoms with van der Waals surface area (Å²) in [6.45, 7) is 3.53. The Hall–Kier alpha value is -1.87. The minimum Gasteiger partial charge on any atom is -0.497 e. The van der Waals surface area contributed by atoms with Gasteiger partial charge in [-0.05, 0) is 42.3 Å². The van der Waals surface area contributed by atoms with Crippen LogP contribution in [0.4, 0.5) is 4.39 Å². The highest BCUT2D eigenvalue weighted by Gasteiger charge is 2.10. The number of benzene rings is 2. The highest BCUT2D eigenvalue weighted by Crippen LogP contribution is 2.18. The number of nitrogens with zero attached hydrogens (tertiary/aromatic N) is 2. The predicted octanol–water partition coefficient (Wildman–Crippen LogP) is 3.58. The molecule has 1 unspecified atom stereocenters. The summed E-state index contributed by atoms with van der Waals surface area (Å²) in [5.41, 5.74) is 1.77. The van der Waals surface area contributed by atoms with Crippen molar-refractivity contribution >= 4 is 29.9 Å². The molecular weight excluding hydrogens is 460 g/mol. The number of methoxy groups -OCH3 is 1. The van der Waals surface area contributed by atoms with Crippen LogP contribution in [0.25, 0.3) is 0 Å². The molecule has 0 saturated carbocycles. The Kier molecular flexibility index (Phi) is 10.1. The molecule has 0 amide bonds. The normalized spacial score (nSPS) is 12.1. The Morgan fingerprint density at radius 2 is 1.81 bits per heavy atom. The first-order chi connectivity index (χ1) is 12.5. The number of halogens is 2. The molecule has 1 atom stereocenters. The van der Waals surface area contributed by atoms with E-state index in [0.29, 0.717) is 19.0 Å². The number of aliphatic hydroxyl groups excluding tert-OH is 1. The van der Waals surface area contributed by atoms with Gasteiger partial charge in [-0.25, -0.2) is 4.39 Å². The third kappa shape index (κ3) is 7.34. The van der Waals surface area contributed by atoms with Crippen LogP contribution in [0.15, 0.2) is 53.5 Å². The van der Waals surface area contributed by atoms with Gasteiger partial charge in [0.25, 0.3) is 0 Å². The molecule has 2 aromatic carbocycles. The second kappa shape index (κ2) is 11.8. The first-order valence-electron chi connectivity index (χ1n) is 8.59. The van der Waals surface area contributed by atoms with Crippen molar-refractivity contribution in [2.45, 2.75) is 19.6 Å². The van der Waals surface area contributed by atoms with Gasteiger partial charge in [-0.2, -0.15) is 0 Å². The van der Waals surface area contributed by atoms with Gasteiger partial charge in [0, 0.05) is 20.1 Å². The lowest BCUT2D eigenvalue weighted by Gasteiger charge is -2.22. The summed E-state index contributed by atoms with van der Waals surface area (Å²) < 4.78 is 18.2. The summed E-state index contributed by atoms with van der Waals surface area (Å²) >= 11 is 0. The van der Waals surface area contributed by atoms with E-state index in [4.69, 9.17) is 4.74 Å². The molecule has 2 aromatic rings. The fourth-order valence-corrected chi connectivity index (χ4v) is 2.51. The smallest absolute Gasteiger partial charge is 0.194 e. The molecule has 0 heterocycles. The topological polar surface area (TPSA) is 57.1 Å². The highest BCUT2D eigenvalue weighted by molar-refractivity contribution is 14.0. The number of rotatable bonds is 7. The molecule has 0 aliphatic heterocycles. The summed E-state index contributed by atoms with van der Waals surface area (Å²) in [4.78, 5) is 6.46. The average molecular weight is 487 g/mol. The fourth-order valence-electron chi connectivity index (χ4n) is 2.51. The zero-order valence-corrected chi connectivity index (χ0v) is 18.2. The van der Waals surface area contributed by atoms with Gasteiger partial charge in [0.15, 0.2) is 5.96 Å². The maximum atomic E-state index is 13.0. The summed E-state index contributed by atoms with van der Waals surface area (Å²) in [6.07, 6.45) is -0.700. The highest BCUT2D eigenvalue weighted by atomic mass is 127. The van der Waals surface area contributed by atoms with E-state index in [1.54, 1.807) is 19.2 Å². The van der Waals surface area contributed by atoms with E-state index >= 15 is 0 Å². The van der Waals surface area contributed by atoms with Crippen LogP contribution in [-0.2, 0) is 6.54 Å². The molecule has 2 N–H and O–H groups in total. The Labute approximate surface area is 177 Å². The van der Waals surface area contributed by atoms with E-state index in [-0.39, 0.29) is 36.3 Å². The van der Waals surface area contributed by atoms with Gasteiger partial charge in [-0.3, -0.25) is 4.99 Å². The molecule has 0 saturated heterocycles. The van der Waals surface area contributed by atoms with Gasteiger partial charge in [0.1, 0.15) is 11.6 Å². The maximum absolute atomic E-state index is 13.0. The lowest BCUT2D eigenvalue weighted by molar-refractivity contribution is 0.186. The summed E-state index contributed by atoms with van der Waals surface area (Å²) in [5.74, 6) is 1.18. The van der Waals surface area contributed by atoms with Crippen LogP contribution in [0.5, 0.6) is 5.75 Å². The van der Waals surface area contributed by atoms with Crippen LogP contribution in [0.1, 0.15) is 24.2 Å². The molecule has 0 aromatic heterocycles. The first kappa shape index (κ1) is 23.2. The maximum Gasteiger partial charge on any atom is 0.194 e. The largest absolute Gasteiger partial charge is 0.497 e. The van der Waals surface area contributed by atoms with Crippen molar-refractivity contribution in [3.8, 4) is 5.75 Å². The average Bonchev–Trinajstić information content (AvgIpc) is 2.66. The number of aliphatic hydroxyl groups is 1. The van der Waals surface area contributed by atoms with Gasteiger partial charge in [-0.1, -0.05) is 24.3 Å². The van der Waals surface area contributed by atoms with E-state index in [1.165, 1.54) is 12.1 Å². The molecule has 27 heavy (non-hydrogen) atoms. The van der Waals surface area contributed by atoms with E-state index in [2.05, 4.69) is 10.3 Å². The van der Waals surface area contributed by atoms with Crippen LogP contribution in [0.3, 0.4) is 0 Å². The molecule has 2 rings (SSSR count). The van der Waals surface area contributed by atoms with Crippen molar-refractivity contribution in [1.29, 1.82) is 0 Å². The van der Waals surface area contributed by atoms with Gasteiger partial charge in [-0.15, -0.1) is 24.0 Å². The monoisotopic (exact) mass is 487 g/mol. The number of guanidine groups is 1. The number of nitrogens with one attached hydrogen (secondary N) is 1. The molecule has 0 spiro atoms. The lowest BCUT2D eigenvalue weighted by atomic mass is 10.1. The zero-order chi connectivity index (χ0) is 18.9. The van der Waals surface area contributed by atoms with E-state index in [1.807, 2.05) is 43.1 Å². The molecule has 0 aliphatic carbocycles. The van der Waals surface area contributed by atoms with Gasteiger partial charge < -0.3 is 20.1 Å². The van der Waals surface area contributed by atoms with Gasteiger partial charge >= 0.3 is 0 Å². The molecule has 0 bridgehead atoms. The summed E-state index contributed by atoms with van der Waals surface area (Å²) in [7, 11) is 3.51. The number of hydrogen-bond acceptors (Lipinski definition) is 3. The van der Waals surface area contributed by atoms with Crippen molar-refractivity contribution in [3.63, 3.8) is 0 Å². The first-order valence-corrected chi connectivity index (χ1v) is 8.59. The van der Waals surface area contributed by atoms with Crippen LogP contribution in [0.2, 0.25) is 0 Å². The molecule has 7 heteroatoms. The molecular formula is C20H27FIN3O2. The minimum absolute atomic E-state index is 0. The molecule has 148 valence electrons. The molecule has 0 aliphatic rings. The minimum atomic E-state index is -0.700. The summed E-state index contributed by atoms with van der Waals surface area (Å²) in [5, 5.41) is 13.6. The third-order valence-corrected chi connectivity index (χ3v) is 3.94. The second-order valence-electron chi connectivity index (χ2n) is 5.97. The van der Waals surface area contributed by atoms with E-state index in [9.17, 15) is 9.50 Å². The Bertz CT molecular complexity index is 708. The van der Waals surface area contributed by atoms with Crippen molar-refractivity contribution in [2.24, 2.45) is 4.99 Å². The number of aliphatic imine (C=N–C) groups is 1. The summed E-state index contributed by atoms with van der Waals surface area (Å²) in [6, 6.07) is 13.7. The quantitative estimate of drug-likeness (QED) is 0.356. The number of hydrogen-bond donors (Lipinski definition) is 2. The van der Waals surface area contributed by atoms with Crippen molar-refractivity contribution < 1.29 is 14.2 Å². The Morgan fingerprint density at radius 1 is 1.19 bits per heavy atom. The SMILES string of the molecule is CCNC(=NCC(O)c1ccc(OC)cc1)N(C)Cc1ccc(F)cc1.I. The Morgan fingerprint density at radius 3 is 2.37 bits per heavy atom. The Balaban J connectivity index is 0.00000364. The van der Waals surface area contributed by atoms with Crippen LogP contribution >= 0.6 is 24.0 Å². The van der Waals surface area contributed by atoms with Crippen LogP contribution < -0.4 is 10.1 Å². The van der Waals surface area contributed by atoms with Crippen molar-refractivity contribution in [3.05, 3.63) is 65.5 Å². The fraction of sp³-hybridized carbons (Fsp3) is 0.350. The standard InChI is InChI=1S/C20H26FN3O2.HI/c1-4-22-20(24(2)14-15-5-9-17(21)10-6-15)23-13-19(25)16-7-11-18(26-3)12-8-16;/h5-12,19,25H,4,13-14H2,1-3H3,(H,22,23);1H.